The Morgan fingerprint density at radius 1 is 0.321 bits per heavy atom. The fourth-order valence-corrected chi connectivity index (χ4v) is 11.0. The Morgan fingerprint density at radius 3 is 1.59 bits per heavy atom. The largest absolute Gasteiger partial charge is 0.135 e. The summed E-state index contributed by atoms with van der Waals surface area (Å²) in [4.78, 5) is 0. The van der Waals surface area contributed by atoms with E-state index in [1.807, 2.05) is 11.3 Å². The average molecular weight is 729 g/mol. The van der Waals surface area contributed by atoms with Crippen LogP contribution in [0.1, 0.15) is 25.0 Å². The maximum atomic E-state index is 2.49. The van der Waals surface area contributed by atoms with Crippen molar-refractivity contribution in [3.8, 4) is 44.5 Å². The normalized spacial score (nSPS) is 13.3. The molecule has 1 aliphatic carbocycles. The van der Waals surface area contributed by atoms with E-state index in [0.717, 1.165) is 0 Å². The fourth-order valence-electron chi connectivity index (χ4n) is 9.82. The van der Waals surface area contributed by atoms with Crippen LogP contribution in [0.2, 0.25) is 0 Å². The van der Waals surface area contributed by atoms with E-state index in [9.17, 15) is 0 Å². The molecule has 0 fully saturated rings. The van der Waals surface area contributed by atoms with E-state index in [1.54, 1.807) is 0 Å². The first kappa shape index (κ1) is 31.8. The first-order valence-corrected chi connectivity index (χ1v) is 20.4. The highest BCUT2D eigenvalue weighted by Gasteiger charge is 2.35. The second-order valence-electron chi connectivity index (χ2n) is 16.1. The number of hydrogen-bond donors (Lipinski definition) is 0. The minimum absolute atomic E-state index is 0.0115. The minimum Gasteiger partial charge on any atom is -0.135 e. The second-order valence-corrected chi connectivity index (χ2v) is 17.1. The Bertz CT molecular complexity index is 3370. The number of benzene rings is 10. The summed E-state index contributed by atoms with van der Waals surface area (Å²) in [5.41, 5.74) is 13.2. The molecule has 0 aliphatic heterocycles. The third-order valence-electron chi connectivity index (χ3n) is 12.6. The van der Waals surface area contributed by atoms with E-state index >= 15 is 0 Å². The third-order valence-corrected chi connectivity index (χ3v) is 13.7. The van der Waals surface area contributed by atoms with Gasteiger partial charge in [0, 0.05) is 25.6 Å². The lowest BCUT2D eigenvalue weighted by atomic mass is 9.82. The zero-order valence-corrected chi connectivity index (χ0v) is 32.0. The second kappa shape index (κ2) is 11.7. The van der Waals surface area contributed by atoms with Crippen molar-refractivity contribution in [3.63, 3.8) is 0 Å². The summed E-state index contributed by atoms with van der Waals surface area (Å²) in [6.07, 6.45) is 0. The standard InChI is InChI=1S/C55H36S/c1-55(2)49-18-10-9-13-41(49)46-32-52-48(31-50(46)55)47-29-40-28-37(24-25-38(40)30-51(47)56-52)34-19-22-35(23-20-34)53-42-14-5-7-16-44(42)54(45-17-8-6-15-43(45)53)39-26-21-33-11-3-4-12-36(33)27-39/h3-32H,1-2H3. The molecule has 0 atom stereocenters. The van der Waals surface area contributed by atoms with E-state index in [-0.39, 0.29) is 5.41 Å². The summed E-state index contributed by atoms with van der Waals surface area (Å²) in [6.45, 7) is 4.74. The van der Waals surface area contributed by atoms with Crippen LogP contribution in [0.3, 0.4) is 0 Å². The molecule has 262 valence electrons. The Kier molecular flexibility index (Phi) is 6.66. The van der Waals surface area contributed by atoms with Gasteiger partial charge in [-0.15, -0.1) is 11.3 Å². The Labute approximate surface area is 329 Å². The van der Waals surface area contributed by atoms with Crippen molar-refractivity contribution in [1.82, 2.24) is 0 Å². The van der Waals surface area contributed by atoms with Gasteiger partial charge in [0.2, 0.25) is 0 Å². The van der Waals surface area contributed by atoms with Crippen molar-refractivity contribution in [3.05, 3.63) is 193 Å². The molecule has 0 saturated heterocycles. The number of rotatable bonds is 3. The number of fused-ring (bicyclic) bond motifs is 10. The smallest absolute Gasteiger partial charge is 0.0361 e. The minimum atomic E-state index is -0.0115. The van der Waals surface area contributed by atoms with E-state index in [1.165, 1.54) is 119 Å². The van der Waals surface area contributed by atoms with Crippen molar-refractivity contribution < 1.29 is 0 Å². The van der Waals surface area contributed by atoms with Gasteiger partial charge in [-0.25, -0.2) is 0 Å². The molecule has 1 heterocycles. The fraction of sp³-hybridized carbons (Fsp3) is 0.0545. The third kappa shape index (κ3) is 4.59. The van der Waals surface area contributed by atoms with Gasteiger partial charge in [-0.1, -0.05) is 159 Å². The van der Waals surface area contributed by atoms with Gasteiger partial charge >= 0.3 is 0 Å². The molecule has 0 bridgehead atoms. The van der Waals surface area contributed by atoms with Gasteiger partial charge in [0.05, 0.1) is 0 Å². The molecule has 56 heavy (non-hydrogen) atoms. The van der Waals surface area contributed by atoms with Gasteiger partial charge in [0.1, 0.15) is 0 Å². The summed E-state index contributed by atoms with van der Waals surface area (Å²) in [5, 5.41) is 12.9. The van der Waals surface area contributed by atoms with Gasteiger partial charge in [-0.3, -0.25) is 0 Å². The molecule has 1 heteroatoms. The molecule has 12 rings (SSSR count). The van der Waals surface area contributed by atoms with Gasteiger partial charge in [-0.05, 0) is 135 Å². The van der Waals surface area contributed by atoms with Crippen LogP contribution in [0.4, 0.5) is 0 Å². The molecular weight excluding hydrogens is 693 g/mol. The lowest BCUT2D eigenvalue weighted by Crippen LogP contribution is -2.14. The van der Waals surface area contributed by atoms with Gasteiger partial charge in [0.15, 0.2) is 0 Å². The monoisotopic (exact) mass is 728 g/mol. The first-order chi connectivity index (χ1) is 27.5. The molecule has 10 aromatic carbocycles. The summed E-state index contributed by atoms with van der Waals surface area (Å²) >= 11 is 1.92. The molecule has 0 saturated carbocycles. The lowest BCUT2D eigenvalue weighted by molar-refractivity contribution is 0.661. The molecule has 0 amide bonds. The first-order valence-electron chi connectivity index (χ1n) is 19.6. The highest BCUT2D eigenvalue weighted by molar-refractivity contribution is 7.26. The summed E-state index contributed by atoms with van der Waals surface area (Å²) < 4.78 is 2.72. The van der Waals surface area contributed by atoms with E-state index in [2.05, 4.69) is 196 Å². The lowest BCUT2D eigenvalue weighted by Gasteiger charge is -2.21. The number of hydrogen-bond acceptors (Lipinski definition) is 1. The average Bonchev–Trinajstić information content (AvgIpc) is 3.70. The Hall–Kier alpha value is -6.54. The molecule has 0 unspecified atom stereocenters. The van der Waals surface area contributed by atoms with Crippen LogP contribution in [0.15, 0.2) is 182 Å². The predicted octanol–water partition coefficient (Wildman–Crippen LogP) is 16.0. The quantitative estimate of drug-likeness (QED) is 0.159. The van der Waals surface area contributed by atoms with Crippen molar-refractivity contribution in [2.75, 3.05) is 0 Å². The van der Waals surface area contributed by atoms with Crippen LogP contribution in [-0.4, -0.2) is 0 Å². The highest BCUT2D eigenvalue weighted by atomic mass is 32.1. The van der Waals surface area contributed by atoms with Crippen LogP contribution in [0, 0.1) is 0 Å². The van der Waals surface area contributed by atoms with Crippen molar-refractivity contribution >= 4 is 74.6 Å². The Balaban J connectivity index is 0.964. The molecule has 1 aliphatic rings. The summed E-state index contributed by atoms with van der Waals surface area (Å²) in [5.74, 6) is 0. The predicted molar refractivity (Wildman–Crippen MR) is 243 cm³/mol. The van der Waals surface area contributed by atoms with E-state index < -0.39 is 0 Å². The van der Waals surface area contributed by atoms with Gasteiger partial charge in [-0.2, -0.15) is 0 Å². The molecule has 11 aromatic rings. The molecule has 0 radical (unpaired) electrons. The SMILES string of the molecule is CC1(C)c2ccccc2-c2cc3sc4cc5ccc(-c6ccc(-c7c8ccccc8c(-c8ccc9ccccc9c8)c8ccccc78)cc6)cc5cc4c3cc21. The summed E-state index contributed by atoms with van der Waals surface area (Å²) in [6, 6.07) is 68.3. The van der Waals surface area contributed by atoms with Crippen LogP contribution in [0.5, 0.6) is 0 Å². The topological polar surface area (TPSA) is 0 Å². The van der Waals surface area contributed by atoms with Crippen molar-refractivity contribution in [1.29, 1.82) is 0 Å². The molecule has 0 spiro atoms. The molecular formula is C55H36S. The van der Waals surface area contributed by atoms with Gasteiger partial charge in [0.25, 0.3) is 0 Å². The Morgan fingerprint density at radius 2 is 0.839 bits per heavy atom. The van der Waals surface area contributed by atoms with Gasteiger partial charge < -0.3 is 0 Å². The molecule has 1 aromatic heterocycles. The molecule has 0 nitrogen and oxygen atoms in total. The highest BCUT2D eigenvalue weighted by Crippen LogP contribution is 2.52. The van der Waals surface area contributed by atoms with Crippen LogP contribution < -0.4 is 0 Å². The number of thiophene rings is 1. The van der Waals surface area contributed by atoms with Crippen LogP contribution in [-0.2, 0) is 5.41 Å². The van der Waals surface area contributed by atoms with Crippen LogP contribution >= 0.6 is 11.3 Å². The van der Waals surface area contributed by atoms with E-state index in [4.69, 9.17) is 0 Å². The van der Waals surface area contributed by atoms with Crippen molar-refractivity contribution in [2.24, 2.45) is 0 Å². The van der Waals surface area contributed by atoms with E-state index in [0.29, 0.717) is 0 Å². The molecule has 0 N–H and O–H groups in total. The zero-order valence-electron chi connectivity index (χ0n) is 31.2. The zero-order chi connectivity index (χ0) is 37.1. The van der Waals surface area contributed by atoms with Crippen LogP contribution in [0.25, 0.3) is 108 Å². The maximum Gasteiger partial charge on any atom is 0.0361 e. The maximum absolute atomic E-state index is 2.49. The van der Waals surface area contributed by atoms with Crippen molar-refractivity contribution in [2.45, 2.75) is 19.3 Å². The summed E-state index contributed by atoms with van der Waals surface area (Å²) in [7, 11) is 0.